The predicted octanol–water partition coefficient (Wildman–Crippen LogP) is 2.63. The lowest BCUT2D eigenvalue weighted by Gasteiger charge is -1.95. The van der Waals surface area contributed by atoms with E-state index in [1.807, 2.05) is 38.2 Å². The molecule has 0 amide bonds. The molecule has 0 spiro atoms. The highest BCUT2D eigenvalue weighted by Crippen LogP contribution is 1.96. The lowest BCUT2D eigenvalue weighted by molar-refractivity contribution is -0.137. The Bertz CT molecular complexity index is 234. The molecule has 0 atom stereocenters. The Labute approximate surface area is 79.6 Å². The van der Waals surface area contributed by atoms with Crippen LogP contribution in [-0.2, 0) is 9.53 Å². The van der Waals surface area contributed by atoms with E-state index in [1.54, 1.807) is 6.92 Å². The van der Waals surface area contributed by atoms with Crippen molar-refractivity contribution in [2.24, 2.45) is 0 Å². The first kappa shape index (κ1) is 11.7. The third-order valence-electron chi connectivity index (χ3n) is 1.29. The standard InChI is InChI=1S/C11H16O2/c1-4-6-7-8-10(3)9-11(12)13-5-2/h4,6-9H,5H2,1-3H3. The third kappa shape index (κ3) is 7.06. The second kappa shape index (κ2) is 7.35. The van der Waals surface area contributed by atoms with Gasteiger partial charge in [-0.1, -0.05) is 24.3 Å². The second-order valence-electron chi connectivity index (χ2n) is 2.53. The largest absolute Gasteiger partial charge is 0.463 e. The molecule has 0 rings (SSSR count). The van der Waals surface area contributed by atoms with E-state index in [2.05, 4.69) is 0 Å². The molecule has 0 unspecified atom stereocenters. The van der Waals surface area contributed by atoms with E-state index in [1.165, 1.54) is 6.08 Å². The van der Waals surface area contributed by atoms with E-state index in [-0.39, 0.29) is 5.97 Å². The number of carbonyl (C=O) groups excluding carboxylic acids is 1. The Kier molecular flexibility index (Phi) is 6.60. The highest BCUT2D eigenvalue weighted by Gasteiger charge is 1.94. The van der Waals surface area contributed by atoms with E-state index in [0.29, 0.717) is 6.61 Å². The van der Waals surface area contributed by atoms with Crippen molar-refractivity contribution in [3.8, 4) is 0 Å². The van der Waals surface area contributed by atoms with Crippen LogP contribution >= 0.6 is 0 Å². The molecular weight excluding hydrogens is 164 g/mol. The molecule has 0 aromatic rings. The van der Waals surface area contributed by atoms with Gasteiger partial charge in [0.25, 0.3) is 0 Å². The Morgan fingerprint density at radius 1 is 1.38 bits per heavy atom. The summed E-state index contributed by atoms with van der Waals surface area (Å²) < 4.78 is 4.75. The molecule has 0 aliphatic heterocycles. The van der Waals surface area contributed by atoms with Crippen LogP contribution in [0.5, 0.6) is 0 Å². The normalized spacial score (nSPS) is 12.7. The number of ether oxygens (including phenoxy) is 1. The summed E-state index contributed by atoms with van der Waals surface area (Å²) in [4.78, 5) is 10.9. The van der Waals surface area contributed by atoms with Gasteiger partial charge < -0.3 is 4.74 Å². The molecule has 0 N–H and O–H groups in total. The predicted molar refractivity (Wildman–Crippen MR) is 54.3 cm³/mol. The maximum Gasteiger partial charge on any atom is 0.330 e. The topological polar surface area (TPSA) is 26.3 Å². The number of carbonyl (C=O) groups is 1. The number of rotatable bonds is 4. The molecule has 0 bridgehead atoms. The molecule has 0 aliphatic carbocycles. The maximum absolute atomic E-state index is 10.9. The summed E-state index contributed by atoms with van der Waals surface area (Å²) in [5.41, 5.74) is 0.886. The summed E-state index contributed by atoms with van der Waals surface area (Å²) >= 11 is 0. The summed E-state index contributed by atoms with van der Waals surface area (Å²) in [7, 11) is 0. The Morgan fingerprint density at radius 3 is 2.62 bits per heavy atom. The van der Waals surface area contributed by atoms with Crippen molar-refractivity contribution in [1.82, 2.24) is 0 Å². The minimum atomic E-state index is -0.287. The van der Waals surface area contributed by atoms with E-state index in [4.69, 9.17) is 4.74 Å². The van der Waals surface area contributed by atoms with Gasteiger partial charge in [0, 0.05) is 6.08 Å². The van der Waals surface area contributed by atoms with E-state index in [0.717, 1.165) is 5.57 Å². The molecule has 2 nitrogen and oxygen atoms in total. The van der Waals surface area contributed by atoms with Gasteiger partial charge in [0.05, 0.1) is 6.61 Å². The average molecular weight is 180 g/mol. The average Bonchev–Trinajstić information content (AvgIpc) is 2.05. The molecule has 0 saturated heterocycles. The van der Waals surface area contributed by atoms with Gasteiger partial charge in [0.15, 0.2) is 0 Å². The van der Waals surface area contributed by atoms with Crippen LogP contribution in [0.25, 0.3) is 0 Å². The zero-order valence-electron chi connectivity index (χ0n) is 8.41. The van der Waals surface area contributed by atoms with Gasteiger partial charge in [-0.15, -0.1) is 0 Å². The smallest absolute Gasteiger partial charge is 0.330 e. The summed E-state index contributed by atoms with van der Waals surface area (Å²) in [6.45, 7) is 6.00. The number of hydrogen-bond donors (Lipinski definition) is 0. The van der Waals surface area contributed by atoms with Crippen LogP contribution in [-0.4, -0.2) is 12.6 Å². The quantitative estimate of drug-likeness (QED) is 0.377. The fourth-order valence-electron chi connectivity index (χ4n) is 0.736. The second-order valence-corrected chi connectivity index (χ2v) is 2.53. The van der Waals surface area contributed by atoms with Gasteiger partial charge in [-0.25, -0.2) is 4.79 Å². The summed E-state index contributed by atoms with van der Waals surface area (Å²) in [5, 5.41) is 0. The molecular formula is C11H16O2. The van der Waals surface area contributed by atoms with Crippen LogP contribution in [0.1, 0.15) is 20.8 Å². The summed E-state index contributed by atoms with van der Waals surface area (Å²) in [6, 6.07) is 0. The number of allylic oxidation sites excluding steroid dienone is 5. The van der Waals surface area contributed by atoms with Gasteiger partial charge in [0.1, 0.15) is 0 Å². The first-order valence-electron chi connectivity index (χ1n) is 4.35. The Balaban J connectivity index is 4.08. The van der Waals surface area contributed by atoms with E-state index < -0.39 is 0 Å². The lowest BCUT2D eigenvalue weighted by atomic mass is 10.2. The monoisotopic (exact) mass is 180 g/mol. The van der Waals surface area contributed by atoms with Crippen molar-refractivity contribution in [3.05, 3.63) is 36.0 Å². The van der Waals surface area contributed by atoms with Crippen LogP contribution in [0.2, 0.25) is 0 Å². The van der Waals surface area contributed by atoms with Gasteiger partial charge in [-0.3, -0.25) is 0 Å². The van der Waals surface area contributed by atoms with Crippen molar-refractivity contribution in [3.63, 3.8) is 0 Å². The molecule has 0 aliphatic rings. The van der Waals surface area contributed by atoms with Crippen LogP contribution in [0.15, 0.2) is 36.0 Å². The molecule has 13 heavy (non-hydrogen) atoms. The molecule has 0 heterocycles. The highest BCUT2D eigenvalue weighted by molar-refractivity contribution is 5.83. The third-order valence-corrected chi connectivity index (χ3v) is 1.29. The van der Waals surface area contributed by atoms with Crippen LogP contribution in [0, 0.1) is 0 Å². The van der Waals surface area contributed by atoms with Gasteiger partial charge in [-0.05, 0) is 26.3 Å². The molecule has 72 valence electrons. The zero-order chi connectivity index (χ0) is 10.1. The first-order valence-corrected chi connectivity index (χ1v) is 4.35. The first-order chi connectivity index (χ1) is 6.20. The van der Waals surface area contributed by atoms with Crippen LogP contribution in [0.3, 0.4) is 0 Å². The van der Waals surface area contributed by atoms with Crippen molar-refractivity contribution in [2.45, 2.75) is 20.8 Å². The number of hydrogen-bond acceptors (Lipinski definition) is 2. The molecule has 2 heteroatoms. The lowest BCUT2D eigenvalue weighted by Crippen LogP contribution is -1.99. The molecule has 0 saturated carbocycles. The molecule has 0 radical (unpaired) electrons. The van der Waals surface area contributed by atoms with Crippen LogP contribution in [0.4, 0.5) is 0 Å². The van der Waals surface area contributed by atoms with Gasteiger partial charge in [0.2, 0.25) is 0 Å². The molecule has 0 fully saturated rings. The van der Waals surface area contributed by atoms with E-state index >= 15 is 0 Å². The SMILES string of the molecule is CC=CC=CC(C)=CC(=O)OCC. The highest BCUT2D eigenvalue weighted by atomic mass is 16.5. The minimum Gasteiger partial charge on any atom is -0.463 e. The minimum absolute atomic E-state index is 0.287. The van der Waals surface area contributed by atoms with Crippen molar-refractivity contribution in [1.29, 1.82) is 0 Å². The van der Waals surface area contributed by atoms with Crippen LogP contribution < -0.4 is 0 Å². The van der Waals surface area contributed by atoms with Crippen molar-refractivity contribution < 1.29 is 9.53 Å². The summed E-state index contributed by atoms with van der Waals surface area (Å²) in [6.07, 6.45) is 9.04. The molecule has 0 aromatic carbocycles. The molecule has 0 aromatic heterocycles. The fourth-order valence-corrected chi connectivity index (χ4v) is 0.736. The Morgan fingerprint density at radius 2 is 2.08 bits per heavy atom. The van der Waals surface area contributed by atoms with Crippen molar-refractivity contribution in [2.75, 3.05) is 6.61 Å². The Hall–Kier alpha value is -1.31. The maximum atomic E-state index is 10.9. The zero-order valence-corrected chi connectivity index (χ0v) is 8.41. The van der Waals surface area contributed by atoms with Crippen molar-refractivity contribution >= 4 is 5.97 Å². The van der Waals surface area contributed by atoms with Gasteiger partial charge >= 0.3 is 5.97 Å². The van der Waals surface area contributed by atoms with E-state index in [9.17, 15) is 4.79 Å². The summed E-state index contributed by atoms with van der Waals surface area (Å²) in [5.74, 6) is -0.287. The van der Waals surface area contributed by atoms with Gasteiger partial charge in [-0.2, -0.15) is 0 Å². The fraction of sp³-hybridized carbons (Fsp3) is 0.364. The number of esters is 1.